The Bertz CT molecular complexity index is 157. The minimum absolute atomic E-state index is 0.177. The minimum Gasteiger partial charge on any atom is -0.465 e. The van der Waals surface area contributed by atoms with Crippen LogP contribution in [-0.2, 0) is 9.53 Å². The summed E-state index contributed by atoms with van der Waals surface area (Å²) in [4.78, 5) is 11.0. The van der Waals surface area contributed by atoms with Crippen molar-refractivity contribution < 1.29 is 9.53 Å². The Morgan fingerprint density at radius 3 is 2.86 bits per heavy atom. The molecule has 0 radical (unpaired) electrons. The highest BCUT2D eigenvalue weighted by molar-refractivity contribution is 5.71. The first-order valence-corrected chi connectivity index (χ1v) is 5.28. The molecule has 0 aromatic rings. The molecule has 0 aromatic carbocycles. The van der Waals surface area contributed by atoms with E-state index in [1.807, 2.05) is 0 Å². The van der Waals surface area contributed by atoms with E-state index in [1.165, 1.54) is 12.8 Å². The number of ether oxygens (including phenoxy) is 1. The molecule has 0 aromatic heterocycles. The van der Waals surface area contributed by atoms with Crippen LogP contribution in [0, 0.1) is 0 Å². The Balaban J connectivity index is 3.14. The first-order chi connectivity index (χ1) is 6.81. The summed E-state index contributed by atoms with van der Waals surface area (Å²) < 4.78 is 5.00. The van der Waals surface area contributed by atoms with Crippen LogP contribution < -0.4 is 5.32 Å². The predicted octanol–water partition coefficient (Wildman–Crippen LogP) is 1.89. The van der Waals surface area contributed by atoms with Gasteiger partial charge in [0.2, 0.25) is 0 Å². The number of nitrogens with one attached hydrogen (secondary N) is 1. The van der Waals surface area contributed by atoms with E-state index in [2.05, 4.69) is 18.8 Å². The molecule has 0 bridgehead atoms. The fraction of sp³-hybridized carbons (Fsp3) is 0.727. The first-order valence-electron chi connectivity index (χ1n) is 5.28. The molecule has 0 aliphatic carbocycles. The summed E-state index contributed by atoms with van der Waals surface area (Å²) in [7, 11) is 0. The van der Waals surface area contributed by atoms with Crippen LogP contribution in [0.2, 0.25) is 0 Å². The molecular weight excluding hydrogens is 178 g/mol. The zero-order valence-electron chi connectivity index (χ0n) is 9.05. The quantitative estimate of drug-likeness (QED) is 0.350. The van der Waals surface area contributed by atoms with Gasteiger partial charge in [-0.15, -0.1) is 6.58 Å². The number of hydrogen-bond acceptors (Lipinski definition) is 3. The average molecular weight is 199 g/mol. The van der Waals surface area contributed by atoms with E-state index in [0.717, 1.165) is 12.8 Å². The van der Waals surface area contributed by atoms with Crippen molar-refractivity contribution in [1.29, 1.82) is 0 Å². The second-order valence-corrected chi connectivity index (χ2v) is 3.20. The maximum Gasteiger partial charge on any atom is 0.319 e. The van der Waals surface area contributed by atoms with Crippen LogP contribution in [0.4, 0.5) is 0 Å². The Morgan fingerprint density at radius 1 is 1.43 bits per heavy atom. The highest BCUT2D eigenvalue weighted by Gasteiger charge is 1.99. The number of rotatable bonds is 9. The molecule has 0 rings (SSSR count). The van der Waals surface area contributed by atoms with E-state index in [4.69, 9.17) is 4.74 Å². The van der Waals surface area contributed by atoms with Gasteiger partial charge in [0.1, 0.15) is 0 Å². The van der Waals surface area contributed by atoms with E-state index in [1.54, 1.807) is 6.08 Å². The zero-order valence-corrected chi connectivity index (χ0v) is 9.05. The van der Waals surface area contributed by atoms with Crippen molar-refractivity contribution in [3.8, 4) is 0 Å². The summed E-state index contributed by atoms with van der Waals surface area (Å²) in [6.45, 7) is 7.17. The van der Waals surface area contributed by atoms with Gasteiger partial charge in [0, 0.05) is 6.54 Å². The highest BCUT2D eigenvalue weighted by atomic mass is 16.5. The standard InChI is InChI=1S/C11H21NO2/c1-3-5-6-7-9-14-11(13)10-12-8-4-2/h4,12H,2-3,5-10H2,1H3. The molecule has 0 heterocycles. The van der Waals surface area contributed by atoms with E-state index in [0.29, 0.717) is 13.2 Å². The van der Waals surface area contributed by atoms with Crippen LogP contribution in [0.3, 0.4) is 0 Å². The monoisotopic (exact) mass is 199 g/mol. The smallest absolute Gasteiger partial charge is 0.319 e. The van der Waals surface area contributed by atoms with Gasteiger partial charge in [-0.05, 0) is 6.42 Å². The van der Waals surface area contributed by atoms with E-state index in [9.17, 15) is 4.79 Å². The molecule has 0 aliphatic rings. The van der Waals surface area contributed by atoms with Gasteiger partial charge in [-0.2, -0.15) is 0 Å². The predicted molar refractivity (Wildman–Crippen MR) is 58.2 cm³/mol. The second-order valence-electron chi connectivity index (χ2n) is 3.20. The van der Waals surface area contributed by atoms with E-state index >= 15 is 0 Å². The molecule has 82 valence electrons. The molecule has 14 heavy (non-hydrogen) atoms. The number of esters is 1. The molecule has 0 atom stereocenters. The third-order valence-corrected chi connectivity index (χ3v) is 1.82. The van der Waals surface area contributed by atoms with E-state index < -0.39 is 0 Å². The zero-order chi connectivity index (χ0) is 10.6. The Morgan fingerprint density at radius 2 is 2.21 bits per heavy atom. The molecule has 0 fully saturated rings. The molecule has 0 spiro atoms. The van der Waals surface area contributed by atoms with Crippen LogP contribution in [0.15, 0.2) is 12.7 Å². The van der Waals surface area contributed by atoms with Crippen LogP contribution in [-0.4, -0.2) is 25.7 Å². The number of carbonyl (C=O) groups is 1. The Kier molecular flexibility index (Phi) is 9.64. The van der Waals surface area contributed by atoms with Crippen molar-refractivity contribution in [2.45, 2.75) is 32.6 Å². The van der Waals surface area contributed by atoms with Crippen molar-refractivity contribution in [1.82, 2.24) is 5.32 Å². The normalized spacial score (nSPS) is 9.79. The van der Waals surface area contributed by atoms with Crippen LogP contribution in [0.5, 0.6) is 0 Å². The number of carbonyl (C=O) groups excluding carboxylic acids is 1. The third-order valence-electron chi connectivity index (χ3n) is 1.82. The molecule has 3 nitrogen and oxygen atoms in total. The van der Waals surface area contributed by atoms with Gasteiger partial charge in [0.25, 0.3) is 0 Å². The third kappa shape index (κ3) is 9.26. The summed E-state index contributed by atoms with van der Waals surface area (Å²) in [5, 5.41) is 2.89. The summed E-state index contributed by atoms with van der Waals surface area (Å²) in [6, 6.07) is 0. The fourth-order valence-electron chi connectivity index (χ4n) is 1.04. The lowest BCUT2D eigenvalue weighted by Gasteiger charge is -2.04. The van der Waals surface area contributed by atoms with Crippen molar-refractivity contribution in [3.05, 3.63) is 12.7 Å². The lowest BCUT2D eigenvalue weighted by atomic mass is 10.2. The topological polar surface area (TPSA) is 38.3 Å². The molecule has 0 aliphatic heterocycles. The second kappa shape index (κ2) is 10.3. The van der Waals surface area contributed by atoms with E-state index in [-0.39, 0.29) is 12.5 Å². The SMILES string of the molecule is C=CCNCC(=O)OCCCCCC. The molecule has 0 saturated heterocycles. The van der Waals surface area contributed by atoms with Crippen LogP contribution in [0.1, 0.15) is 32.6 Å². The fourth-order valence-corrected chi connectivity index (χ4v) is 1.04. The van der Waals surface area contributed by atoms with Crippen LogP contribution >= 0.6 is 0 Å². The lowest BCUT2D eigenvalue weighted by molar-refractivity contribution is -0.142. The van der Waals surface area contributed by atoms with Gasteiger partial charge in [0.15, 0.2) is 0 Å². The first kappa shape index (κ1) is 13.2. The maximum absolute atomic E-state index is 11.0. The van der Waals surface area contributed by atoms with Gasteiger partial charge < -0.3 is 10.1 Å². The van der Waals surface area contributed by atoms with Crippen LogP contribution in [0.25, 0.3) is 0 Å². The van der Waals surface area contributed by atoms with Crippen molar-refractivity contribution in [2.24, 2.45) is 0 Å². The molecule has 0 saturated carbocycles. The van der Waals surface area contributed by atoms with Gasteiger partial charge >= 0.3 is 5.97 Å². The molecule has 1 N–H and O–H groups in total. The highest BCUT2D eigenvalue weighted by Crippen LogP contribution is 1.98. The van der Waals surface area contributed by atoms with Gasteiger partial charge in [0.05, 0.1) is 13.2 Å². The summed E-state index contributed by atoms with van der Waals surface area (Å²) in [6.07, 6.45) is 6.25. The summed E-state index contributed by atoms with van der Waals surface area (Å²) >= 11 is 0. The Labute approximate surface area is 86.5 Å². The molecular formula is C11H21NO2. The molecule has 3 heteroatoms. The molecule has 0 unspecified atom stereocenters. The minimum atomic E-state index is -0.177. The average Bonchev–Trinajstić information content (AvgIpc) is 2.18. The lowest BCUT2D eigenvalue weighted by Crippen LogP contribution is -2.24. The Hall–Kier alpha value is -0.830. The van der Waals surface area contributed by atoms with Crippen molar-refractivity contribution in [2.75, 3.05) is 19.7 Å². The van der Waals surface area contributed by atoms with Gasteiger partial charge in [-0.1, -0.05) is 32.3 Å². The largest absolute Gasteiger partial charge is 0.465 e. The summed E-state index contributed by atoms with van der Waals surface area (Å²) in [5.41, 5.74) is 0. The molecule has 0 amide bonds. The maximum atomic E-state index is 11.0. The van der Waals surface area contributed by atoms with Gasteiger partial charge in [-0.25, -0.2) is 0 Å². The number of unbranched alkanes of at least 4 members (excludes halogenated alkanes) is 3. The number of hydrogen-bond donors (Lipinski definition) is 1. The van der Waals surface area contributed by atoms with Gasteiger partial charge in [-0.3, -0.25) is 4.79 Å². The van der Waals surface area contributed by atoms with Crippen molar-refractivity contribution >= 4 is 5.97 Å². The summed E-state index contributed by atoms with van der Waals surface area (Å²) in [5.74, 6) is -0.177. The van der Waals surface area contributed by atoms with Crippen molar-refractivity contribution in [3.63, 3.8) is 0 Å².